The highest BCUT2D eigenvalue weighted by Gasteiger charge is 2.25. The van der Waals surface area contributed by atoms with Gasteiger partial charge in [0.25, 0.3) is 0 Å². The van der Waals surface area contributed by atoms with E-state index in [0.29, 0.717) is 6.04 Å². The number of aromatic nitrogens is 2. The second-order valence-corrected chi connectivity index (χ2v) is 6.35. The van der Waals surface area contributed by atoms with Crippen LogP contribution in [0, 0.1) is 6.92 Å². The van der Waals surface area contributed by atoms with Crippen LogP contribution in [0.4, 0.5) is 5.82 Å². The van der Waals surface area contributed by atoms with E-state index in [1.165, 1.54) is 30.8 Å². The van der Waals surface area contributed by atoms with Gasteiger partial charge in [-0.3, -0.25) is 4.68 Å². The Hall–Kier alpha value is -1.07. The zero-order valence-electron chi connectivity index (χ0n) is 13.6. The molecule has 20 heavy (non-hydrogen) atoms. The van der Waals surface area contributed by atoms with E-state index in [9.17, 15) is 0 Å². The van der Waals surface area contributed by atoms with Crippen molar-refractivity contribution in [3.05, 3.63) is 11.3 Å². The highest BCUT2D eigenvalue weighted by atomic mass is 15.4. The Balaban J connectivity index is 2.17. The highest BCUT2D eigenvalue weighted by molar-refractivity contribution is 5.50. The monoisotopic (exact) mass is 279 g/mol. The summed E-state index contributed by atoms with van der Waals surface area (Å²) < 4.78 is 2.00. The number of hydrogen-bond donors (Lipinski definition) is 1. The van der Waals surface area contributed by atoms with Crippen molar-refractivity contribution in [2.75, 3.05) is 32.1 Å². The number of likely N-dealkylation sites (tertiary alicyclic amines) is 1. The van der Waals surface area contributed by atoms with E-state index < -0.39 is 0 Å². The molecule has 1 aromatic heterocycles. The van der Waals surface area contributed by atoms with Gasteiger partial charge in [0.05, 0.1) is 5.69 Å². The molecule has 0 aromatic carbocycles. The molecule has 5 heteroatoms. The quantitative estimate of drug-likeness (QED) is 0.878. The molecule has 1 aliphatic heterocycles. The molecule has 2 rings (SSSR count). The summed E-state index contributed by atoms with van der Waals surface area (Å²) in [5.74, 6) is 1.22. The van der Waals surface area contributed by atoms with Gasteiger partial charge in [0.15, 0.2) is 0 Å². The lowest BCUT2D eigenvalue weighted by Crippen LogP contribution is -2.37. The van der Waals surface area contributed by atoms with Gasteiger partial charge < -0.3 is 15.5 Å². The lowest BCUT2D eigenvalue weighted by Gasteiger charge is -2.28. The molecule has 1 fully saturated rings. The Labute approximate surface area is 122 Å². The number of rotatable bonds is 5. The van der Waals surface area contributed by atoms with Crippen molar-refractivity contribution in [3.63, 3.8) is 0 Å². The van der Waals surface area contributed by atoms with Crippen LogP contribution in [-0.4, -0.2) is 53.9 Å². The minimum Gasteiger partial charge on any atom is -0.358 e. The van der Waals surface area contributed by atoms with Gasteiger partial charge in [-0.25, -0.2) is 0 Å². The molecular formula is C15H29N5. The van der Waals surface area contributed by atoms with Crippen LogP contribution in [0.15, 0.2) is 0 Å². The van der Waals surface area contributed by atoms with Crippen molar-refractivity contribution in [1.82, 2.24) is 14.7 Å². The molecule has 2 atom stereocenters. The topological polar surface area (TPSA) is 50.3 Å². The maximum absolute atomic E-state index is 5.99. The zero-order valence-corrected chi connectivity index (χ0v) is 13.6. The van der Waals surface area contributed by atoms with Crippen molar-refractivity contribution in [1.29, 1.82) is 0 Å². The van der Waals surface area contributed by atoms with E-state index in [1.807, 2.05) is 11.7 Å². The molecule has 0 amide bonds. The first-order valence-corrected chi connectivity index (χ1v) is 7.59. The average molecular weight is 279 g/mol. The number of likely N-dealkylation sites (N-methyl/N-ethyl adjacent to an activating group) is 2. The minimum absolute atomic E-state index is 0.166. The molecule has 0 bridgehead atoms. The minimum atomic E-state index is 0.166. The van der Waals surface area contributed by atoms with Crippen LogP contribution < -0.4 is 10.6 Å². The molecule has 0 saturated carbocycles. The summed E-state index contributed by atoms with van der Waals surface area (Å²) in [6.45, 7) is 6.41. The summed E-state index contributed by atoms with van der Waals surface area (Å²) in [6.07, 6.45) is 3.49. The largest absolute Gasteiger partial charge is 0.358 e. The van der Waals surface area contributed by atoms with E-state index in [1.54, 1.807) is 0 Å². The molecule has 1 aromatic rings. The van der Waals surface area contributed by atoms with Crippen molar-refractivity contribution in [2.24, 2.45) is 12.8 Å². The van der Waals surface area contributed by atoms with Gasteiger partial charge >= 0.3 is 0 Å². The third-order valence-electron chi connectivity index (χ3n) is 4.36. The van der Waals surface area contributed by atoms with Crippen molar-refractivity contribution < 1.29 is 0 Å². The van der Waals surface area contributed by atoms with E-state index in [0.717, 1.165) is 18.7 Å². The number of aryl methyl sites for hydroxylation is 2. The number of hydrogen-bond acceptors (Lipinski definition) is 4. The molecule has 0 radical (unpaired) electrons. The molecule has 0 aliphatic carbocycles. The Kier molecular flexibility index (Phi) is 4.70. The normalized spacial score (nSPS) is 21.4. The maximum Gasteiger partial charge on any atom is 0.129 e. The Morgan fingerprint density at radius 3 is 2.70 bits per heavy atom. The third kappa shape index (κ3) is 3.15. The highest BCUT2D eigenvalue weighted by Crippen LogP contribution is 2.25. The Morgan fingerprint density at radius 2 is 2.15 bits per heavy atom. The van der Waals surface area contributed by atoms with Gasteiger partial charge in [0, 0.05) is 38.3 Å². The summed E-state index contributed by atoms with van der Waals surface area (Å²) in [7, 11) is 6.43. The summed E-state index contributed by atoms with van der Waals surface area (Å²) in [6, 6.07) is 0.817. The van der Waals surface area contributed by atoms with Gasteiger partial charge in [0.1, 0.15) is 5.82 Å². The molecule has 2 unspecified atom stereocenters. The molecule has 0 spiro atoms. The van der Waals surface area contributed by atoms with E-state index in [2.05, 4.69) is 42.8 Å². The van der Waals surface area contributed by atoms with Gasteiger partial charge in [-0.15, -0.1) is 0 Å². The molecule has 2 N–H and O–H groups in total. The summed E-state index contributed by atoms with van der Waals surface area (Å²) >= 11 is 0. The zero-order chi connectivity index (χ0) is 14.9. The second kappa shape index (κ2) is 6.14. The molecule has 5 nitrogen and oxygen atoms in total. The van der Waals surface area contributed by atoms with Crippen LogP contribution in [-0.2, 0) is 13.5 Å². The molecular weight excluding hydrogens is 250 g/mol. The fraction of sp³-hybridized carbons (Fsp3) is 0.800. The number of nitrogens with two attached hydrogens (primary N) is 1. The second-order valence-electron chi connectivity index (χ2n) is 6.35. The van der Waals surface area contributed by atoms with Crippen molar-refractivity contribution in [3.8, 4) is 0 Å². The van der Waals surface area contributed by atoms with E-state index >= 15 is 0 Å². The van der Waals surface area contributed by atoms with Crippen LogP contribution in [0.3, 0.4) is 0 Å². The smallest absolute Gasteiger partial charge is 0.129 e. The summed E-state index contributed by atoms with van der Waals surface area (Å²) in [5, 5.41) is 4.58. The Bertz CT molecular complexity index is 451. The van der Waals surface area contributed by atoms with Gasteiger partial charge in [-0.1, -0.05) is 0 Å². The van der Waals surface area contributed by atoms with Gasteiger partial charge in [-0.2, -0.15) is 5.10 Å². The lowest BCUT2D eigenvalue weighted by atomic mass is 10.1. The standard InChI is InChI=1S/C15H29N5/c1-11(16)9-14-12(2)17-20(5)15(14)19(4)10-13-7-6-8-18(13)3/h11,13H,6-10,16H2,1-5H3. The van der Waals surface area contributed by atoms with Crippen LogP contribution in [0.2, 0.25) is 0 Å². The molecule has 1 aliphatic rings. The fourth-order valence-corrected chi connectivity index (χ4v) is 3.34. The van der Waals surface area contributed by atoms with Crippen LogP contribution in [0.25, 0.3) is 0 Å². The van der Waals surface area contributed by atoms with Crippen LogP contribution in [0.5, 0.6) is 0 Å². The average Bonchev–Trinajstić information content (AvgIpc) is 2.84. The maximum atomic E-state index is 5.99. The third-order valence-corrected chi connectivity index (χ3v) is 4.36. The summed E-state index contributed by atoms with van der Waals surface area (Å²) in [5.41, 5.74) is 8.39. The molecule has 1 saturated heterocycles. The number of anilines is 1. The number of nitrogens with zero attached hydrogens (tertiary/aromatic N) is 4. The molecule has 114 valence electrons. The first kappa shape index (κ1) is 15.3. The van der Waals surface area contributed by atoms with Crippen molar-refractivity contribution >= 4 is 5.82 Å². The van der Waals surface area contributed by atoms with Gasteiger partial charge in [0.2, 0.25) is 0 Å². The van der Waals surface area contributed by atoms with Crippen LogP contribution in [0.1, 0.15) is 31.0 Å². The summed E-state index contributed by atoms with van der Waals surface area (Å²) in [4.78, 5) is 4.81. The Morgan fingerprint density at radius 1 is 1.45 bits per heavy atom. The first-order valence-electron chi connectivity index (χ1n) is 7.59. The van der Waals surface area contributed by atoms with E-state index in [4.69, 9.17) is 5.73 Å². The fourth-order valence-electron chi connectivity index (χ4n) is 3.34. The van der Waals surface area contributed by atoms with E-state index in [-0.39, 0.29) is 6.04 Å². The predicted octanol–water partition coefficient (Wildman–Crippen LogP) is 1.15. The van der Waals surface area contributed by atoms with Gasteiger partial charge in [-0.05, 0) is 46.7 Å². The predicted molar refractivity (Wildman–Crippen MR) is 84.2 cm³/mol. The van der Waals surface area contributed by atoms with Crippen LogP contribution >= 0.6 is 0 Å². The molecule has 2 heterocycles. The van der Waals surface area contributed by atoms with Crippen molar-refractivity contribution in [2.45, 2.75) is 45.2 Å². The first-order chi connectivity index (χ1) is 9.40. The SMILES string of the molecule is Cc1nn(C)c(N(C)CC2CCCN2C)c1CC(C)N. The lowest BCUT2D eigenvalue weighted by molar-refractivity contribution is 0.313.